The third-order valence-corrected chi connectivity index (χ3v) is 4.29. The molecule has 0 aliphatic heterocycles. The van der Waals surface area contributed by atoms with Crippen LogP contribution in [-0.4, -0.2) is 23.8 Å². The Labute approximate surface area is 130 Å². The van der Waals surface area contributed by atoms with Crippen molar-refractivity contribution in [1.82, 2.24) is 5.32 Å². The number of hydrogen-bond donors (Lipinski definition) is 3. The van der Waals surface area contributed by atoms with E-state index in [1.54, 1.807) is 0 Å². The summed E-state index contributed by atoms with van der Waals surface area (Å²) in [7, 11) is 0. The normalized spacial score (nSPS) is 24.5. The molecule has 2 amide bonds. The number of alkyl halides is 3. The van der Waals surface area contributed by atoms with Crippen LogP contribution >= 0.6 is 0 Å². The molecule has 2 unspecified atom stereocenters. The van der Waals surface area contributed by atoms with Gasteiger partial charge in [-0.15, -0.1) is 0 Å². The molecule has 1 aliphatic rings. The summed E-state index contributed by atoms with van der Waals surface area (Å²) in [5.74, 6) is -0.954. The van der Waals surface area contributed by atoms with Gasteiger partial charge in [-0.2, -0.15) is 13.2 Å². The standard InChI is InChI=1S/C15H18F4N2O2/c1-14(8-22)6-2-3-12(14)21-13(23)20-11-7-9(15(17,18)19)4-5-10(11)16/h4-5,7,12,22H,2-3,6,8H2,1H3,(H2,20,21,23). The lowest BCUT2D eigenvalue weighted by atomic mass is 9.86. The maximum absolute atomic E-state index is 13.6. The molecule has 2 rings (SSSR count). The molecule has 0 saturated heterocycles. The van der Waals surface area contributed by atoms with E-state index >= 15 is 0 Å². The maximum atomic E-state index is 13.6. The fourth-order valence-electron chi connectivity index (χ4n) is 2.78. The van der Waals surface area contributed by atoms with Gasteiger partial charge in [0.2, 0.25) is 0 Å². The SMILES string of the molecule is CC1(CO)CCCC1NC(=O)Nc1cc(C(F)(F)F)ccc1F. The highest BCUT2D eigenvalue weighted by atomic mass is 19.4. The van der Waals surface area contributed by atoms with Crippen molar-refractivity contribution >= 4 is 11.7 Å². The summed E-state index contributed by atoms with van der Waals surface area (Å²) in [6.45, 7) is 1.70. The third kappa shape index (κ3) is 3.93. The predicted octanol–water partition coefficient (Wildman–Crippen LogP) is 3.52. The number of aliphatic hydroxyl groups excluding tert-OH is 1. The summed E-state index contributed by atoms with van der Waals surface area (Å²) >= 11 is 0. The fraction of sp³-hybridized carbons (Fsp3) is 0.533. The van der Waals surface area contributed by atoms with E-state index in [9.17, 15) is 27.5 Å². The second-order valence-electron chi connectivity index (χ2n) is 6.05. The number of anilines is 1. The first-order valence-corrected chi connectivity index (χ1v) is 7.21. The van der Waals surface area contributed by atoms with Gasteiger partial charge in [0.1, 0.15) is 5.82 Å². The number of rotatable bonds is 3. The van der Waals surface area contributed by atoms with Crippen molar-refractivity contribution in [3.05, 3.63) is 29.6 Å². The van der Waals surface area contributed by atoms with Gasteiger partial charge in [0.15, 0.2) is 0 Å². The van der Waals surface area contributed by atoms with Gasteiger partial charge in [0.05, 0.1) is 17.9 Å². The molecule has 0 heterocycles. The van der Waals surface area contributed by atoms with E-state index in [1.165, 1.54) is 0 Å². The monoisotopic (exact) mass is 334 g/mol. The molecule has 4 nitrogen and oxygen atoms in total. The van der Waals surface area contributed by atoms with E-state index in [0.29, 0.717) is 24.6 Å². The zero-order chi connectivity index (χ0) is 17.3. The molecular weight excluding hydrogens is 316 g/mol. The lowest BCUT2D eigenvalue weighted by molar-refractivity contribution is -0.137. The van der Waals surface area contributed by atoms with Gasteiger partial charge in [0, 0.05) is 11.5 Å². The number of hydrogen-bond acceptors (Lipinski definition) is 2. The summed E-state index contributed by atoms with van der Waals surface area (Å²) in [6, 6.07) is 0.704. The van der Waals surface area contributed by atoms with Crippen LogP contribution in [0.1, 0.15) is 31.7 Å². The number of nitrogens with one attached hydrogen (secondary N) is 2. The molecule has 1 aromatic carbocycles. The molecule has 1 aliphatic carbocycles. The molecule has 23 heavy (non-hydrogen) atoms. The molecule has 1 saturated carbocycles. The topological polar surface area (TPSA) is 61.4 Å². The van der Waals surface area contributed by atoms with E-state index in [0.717, 1.165) is 12.8 Å². The van der Waals surface area contributed by atoms with Crippen LogP contribution in [0.5, 0.6) is 0 Å². The van der Waals surface area contributed by atoms with Crippen LogP contribution in [-0.2, 0) is 6.18 Å². The first-order valence-electron chi connectivity index (χ1n) is 7.21. The van der Waals surface area contributed by atoms with E-state index in [2.05, 4.69) is 10.6 Å². The average Bonchev–Trinajstić information content (AvgIpc) is 2.82. The van der Waals surface area contributed by atoms with Crippen LogP contribution in [0.3, 0.4) is 0 Å². The molecule has 2 atom stereocenters. The Hall–Kier alpha value is -1.83. The van der Waals surface area contributed by atoms with Gasteiger partial charge < -0.3 is 15.7 Å². The van der Waals surface area contributed by atoms with E-state index in [4.69, 9.17) is 0 Å². The second-order valence-corrected chi connectivity index (χ2v) is 6.05. The minimum Gasteiger partial charge on any atom is -0.396 e. The molecule has 128 valence electrons. The van der Waals surface area contributed by atoms with Crippen molar-refractivity contribution in [2.75, 3.05) is 11.9 Å². The lowest BCUT2D eigenvalue weighted by Crippen LogP contribution is -2.46. The number of aliphatic hydroxyl groups is 1. The van der Waals surface area contributed by atoms with Crippen LogP contribution in [0.25, 0.3) is 0 Å². The lowest BCUT2D eigenvalue weighted by Gasteiger charge is -2.30. The first-order chi connectivity index (χ1) is 10.7. The highest BCUT2D eigenvalue weighted by molar-refractivity contribution is 5.89. The first kappa shape index (κ1) is 17.5. The van der Waals surface area contributed by atoms with Crippen molar-refractivity contribution in [2.24, 2.45) is 5.41 Å². The number of amides is 2. The predicted molar refractivity (Wildman–Crippen MR) is 76.4 cm³/mol. The van der Waals surface area contributed by atoms with Gasteiger partial charge in [-0.3, -0.25) is 0 Å². The van der Waals surface area contributed by atoms with Gasteiger partial charge in [-0.25, -0.2) is 9.18 Å². The number of carbonyl (C=O) groups excluding carboxylic acids is 1. The van der Waals surface area contributed by atoms with Crippen LogP contribution in [0.4, 0.5) is 28.0 Å². The van der Waals surface area contributed by atoms with E-state index in [1.807, 2.05) is 6.92 Å². The highest BCUT2D eigenvalue weighted by Gasteiger charge is 2.39. The number of benzene rings is 1. The number of halogens is 4. The Bertz CT molecular complexity index is 591. The minimum atomic E-state index is -4.62. The van der Waals surface area contributed by atoms with Crippen LogP contribution in [0.2, 0.25) is 0 Å². The van der Waals surface area contributed by atoms with Crippen molar-refractivity contribution in [1.29, 1.82) is 0 Å². The quantitative estimate of drug-likeness (QED) is 0.741. The van der Waals surface area contributed by atoms with Gasteiger partial charge in [-0.05, 0) is 31.0 Å². The zero-order valence-corrected chi connectivity index (χ0v) is 12.5. The molecule has 0 radical (unpaired) electrons. The Morgan fingerprint density at radius 2 is 2.13 bits per heavy atom. The van der Waals surface area contributed by atoms with Crippen molar-refractivity contribution in [3.8, 4) is 0 Å². The largest absolute Gasteiger partial charge is 0.416 e. The number of carbonyl (C=O) groups is 1. The highest BCUT2D eigenvalue weighted by Crippen LogP contribution is 2.37. The van der Waals surface area contributed by atoms with Crippen molar-refractivity contribution < 1.29 is 27.5 Å². The smallest absolute Gasteiger partial charge is 0.396 e. The summed E-state index contributed by atoms with van der Waals surface area (Å²) in [6.07, 6.45) is -2.43. The minimum absolute atomic E-state index is 0.115. The molecule has 0 aromatic heterocycles. The molecule has 3 N–H and O–H groups in total. The van der Waals surface area contributed by atoms with Crippen molar-refractivity contribution in [3.63, 3.8) is 0 Å². The molecule has 8 heteroatoms. The summed E-state index contributed by atoms with van der Waals surface area (Å²) in [5.41, 5.74) is -2.07. The van der Waals surface area contributed by atoms with Crippen LogP contribution in [0, 0.1) is 11.2 Å². The second kappa shape index (κ2) is 6.35. The molecule has 1 aromatic rings. The zero-order valence-electron chi connectivity index (χ0n) is 12.5. The molecule has 1 fully saturated rings. The van der Waals surface area contributed by atoms with E-state index < -0.39 is 34.7 Å². The average molecular weight is 334 g/mol. The third-order valence-electron chi connectivity index (χ3n) is 4.29. The number of urea groups is 1. The Morgan fingerprint density at radius 1 is 1.43 bits per heavy atom. The van der Waals surface area contributed by atoms with E-state index in [-0.39, 0.29) is 12.6 Å². The molecular formula is C15H18F4N2O2. The van der Waals surface area contributed by atoms with Gasteiger partial charge in [0.25, 0.3) is 0 Å². The van der Waals surface area contributed by atoms with Gasteiger partial charge in [-0.1, -0.05) is 13.3 Å². The van der Waals surface area contributed by atoms with Crippen LogP contribution in [0.15, 0.2) is 18.2 Å². The van der Waals surface area contributed by atoms with Crippen molar-refractivity contribution in [2.45, 2.75) is 38.4 Å². The van der Waals surface area contributed by atoms with Gasteiger partial charge >= 0.3 is 12.2 Å². The molecule has 0 spiro atoms. The molecule has 0 bridgehead atoms. The Kier molecular flexibility index (Phi) is 4.84. The summed E-state index contributed by atoms with van der Waals surface area (Å²) in [5, 5.41) is 14.1. The Morgan fingerprint density at radius 3 is 2.74 bits per heavy atom. The summed E-state index contributed by atoms with van der Waals surface area (Å²) < 4.78 is 51.5. The summed E-state index contributed by atoms with van der Waals surface area (Å²) in [4.78, 5) is 11.9. The van der Waals surface area contributed by atoms with Crippen LogP contribution < -0.4 is 10.6 Å². The fourth-order valence-corrected chi connectivity index (χ4v) is 2.78. The Balaban J connectivity index is 2.09. The maximum Gasteiger partial charge on any atom is 0.416 e.